The molecule has 1 heterocycles. The van der Waals surface area contributed by atoms with Gasteiger partial charge in [0.25, 0.3) is 0 Å². The number of nitrogens with two attached hydrogens (primary N) is 1. The van der Waals surface area contributed by atoms with Gasteiger partial charge in [-0.15, -0.1) is 0 Å². The molecule has 0 aromatic carbocycles. The average molecular weight is 307 g/mol. The van der Waals surface area contributed by atoms with E-state index in [2.05, 4.69) is 11.8 Å². The molecule has 5 heteroatoms. The second-order valence-corrected chi connectivity index (χ2v) is 7.51. The summed E-state index contributed by atoms with van der Waals surface area (Å²) >= 11 is 0. The molecule has 3 rings (SSSR count). The smallest absolute Gasteiger partial charge is 0.314 e. The van der Waals surface area contributed by atoms with Crippen LogP contribution in [0.3, 0.4) is 0 Å². The highest BCUT2D eigenvalue weighted by Crippen LogP contribution is 2.37. The molecule has 0 unspecified atom stereocenters. The van der Waals surface area contributed by atoms with Crippen molar-refractivity contribution < 1.29 is 9.59 Å². The minimum atomic E-state index is -0.387. The Kier molecular flexibility index (Phi) is 4.59. The van der Waals surface area contributed by atoms with Crippen LogP contribution in [0.5, 0.6) is 0 Å². The molecule has 2 N–H and O–H groups in total. The minimum absolute atomic E-state index is 0.0406. The highest BCUT2D eigenvalue weighted by Gasteiger charge is 2.41. The molecule has 0 radical (unpaired) electrons. The van der Waals surface area contributed by atoms with Crippen LogP contribution in [0.15, 0.2) is 0 Å². The molecule has 124 valence electrons. The number of primary amides is 1. The van der Waals surface area contributed by atoms with Gasteiger partial charge in [0.1, 0.15) is 0 Å². The van der Waals surface area contributed by atoms with Crippen LogP contribution >= 0.6 is 0 Å². The molecule has 0 aromatic heterocycles. The first kappa shape index (κ1) is 15.6. The lowest BCUT2D eigenvalue weighted by Gasteiger charge is -2.40. The lowest BCUT2D eigenvalue weighted by molar-refractivity contribution is -0.141. The molecule has 5 nitrogen and oxygen atoms in total. The number of likely N-dealkylation sites (tertiary alicyclic amines) is 1. The largest absolute Gasteiger partial charge is 0.351 e. The Bertz CT molecular complexity index is 428. The zero-order valence-electron chi connectivity index (χ0n) is 13.7. The minimum Gasteiger partial charge on any atom is -0.351 e. The van der Waals surface area contributed by atoms with Crippen molar-refractivity contribution in [1.82, 2.24) is 9.80 Å². The Hall–Kier alpha value is -1.26. The SMILES string of the molecule is CC1CCC(N(C(=O)[C@@H]2CCCN(C(N)=O)C2)C2CC2)CC1. The predicted molar refractivity (Wildman–Crippen MR) is 85.2 cm³/mol. The van der Waals surface area contributed by atoms with Gasteiger partial charge in [-0.05, 0) is 57.3 Å². The number of urea groups is 1. The molecule has 2 aliphatic carbocycles. The van der Waals surface area contributed by atoms with Crippen molar-refractivity contribution in [2.45, 2.75) is 70.4 Å². The molecular weight excluding hydrogens is 278 g/mol. The molecule has 3 amide bonds. The van der Waals surface area contributed by atoms with Gasteiger partial charge in [-0.1, -0.05) is 6.92 Å². The summed E-state index contributed by atoms with van der Waals surface area (Å²) in [7, 11) is 0. The molecule has 3 aliphatic rings. The van der Waals surface area contributed by atoms with E-state index in [0.29, 0.717) is 25.2 Å². The van der Waals surface area contributed by atoms with E-state index < -0.39 is 0 Å². The van der Waals surface area contributed by atoms with Crippen molar-refractivity contribution in [2.24, 2.45) is 17.6 Å². The van der Waals surface area contributed by atoms with E-state index in [4.69, 9.17) is 5.73 Å². The molecule has 1 aliphatic heterocycles. The molecule has 3 fully saturated rings. The normalized spacial score (nSPS) is 32.6. The van der Waals surface area contributed by atoms with Crippen molar-refractivity contribution in [3.8, 4) is 0 Å². The van der Waals surface area contributed by atoms with E-state index in [1.54, 1.807) is 4.90 Å². The van der Waals surface area contributed by atoms with Gasteiger partial charge >= 0.3 is 6.03 Å². The van der Waals surface area contributed by atoms with E-state index in [1.165, 1.54) is 12.8 Å². The summed E-state index contributed by atoms with van der Waals surface area (Å²) < 4.78 is 0. The van der Waals surface area contributed by atoms with Gasteiger partial charge in [-0.25, -0.2) is 4.79 Å². The van der Waals surface area contributed by atoms with Gasteiger partial charge in [-0.2, -0.15) is 0 Å². The molecular formula is C17H29N3O2. The molecule has 0 bridgehead atoms. The maximum Gasteiger partial charge on any atom is 0.314 e. The fourth-order valence-electron chi connectivity index (χ4n) is 4.12. The van der Waals surface area contributed by atoms with Crippen LogP contribution in [0.4, 0.5) is 4.79 Å². The van der Waals surface area contributed by atoms with E-state index >= 15 is 0 Å². The monoisotopic (exact) mass is 307 g/mol. The zero-order valence-corrected chi connectivity index (χ0v) is 13.7. The van der Waals surface area contributed by atoms with Gasteiger partial charge in [0.05, 0.1) is 5.92 Å². The number of carbonyl (C=O) groups excluding carboxylic acids is 2. The van der Waals surface area contributed by atoms with Crippen LogP contribution in [-0.4, -0.2) is 46.9 Å². The number of rotatable bonds is 3. The zero-order chi connectivity index (χ0) is 15.7. The van der Waals surface area contributed by atoms with Gasteiger partial charge in [0.2, 0.25) is 5.91 Å². The highest BCUT2D eigenvalue weighted by atomic mass is 16.2. The van der Waals surface area contributed by atoms with Crippen LogP contribution in [0, 0.1) is 11.8 Å². The average Bonchev–Trinajstić information content (AvgIpc) is 3.34. The number of amides is 3. The second-order valence-electron chi connectivity index (χ2n) is 7.51. The summed E-state index contributed by atoms with van der Waals surface area (Å²) in [4.78, 5) is 28.3. The number of piperidine rings is 1. The Labute approximate surface area is 133 Å². The summed E-state index contributed by atoms with van der Waals surface area (Å²) in [5.41, 5.74) is 5.40. The van der Waals surface area contributed by atoms with Crippen LogP contribution in [0.25, 0.3) is 0 Å². The third kappa shape index (κ3) is 3.39. The van der Waals surface area contributed by atoms with Crippen LogP contribution in [0.2, 0.25) is 0 Å². The van der Waals surface area contributed by atoms with Gasteiger partial charge in [0.15, 0.2) is 0 Å². The first-order valence-electron chi connectivity index (χ1n) is 8.93. The number of hydrogen-bond acceptors (Lipinski definition) is 2. The Morgan fingerprint density at radius 2 is 1.59 bits per heavy atom. The van der Waals surface area contributed by atoms with Gasteiger partial charge < -0.3 is 15.5 Å². The highest BCUT2D eigenvalue weighted by molar-refractivity contribution is 5.81. The molecule has 1 atom stereocenters. The fourth-order valence-corrected chi connectivity index (χ4v) is 4.12. The van der Waals surface area contributed by atoms with E-state index in [-0.39, 0.29) is 17.9 Å². The number of nitrogens with zero attached hydrogens (tertiary/aromatic N) is 2. The van der Waals surface area contributed by atoms with Crippen LogP contribution < -0.4 is 5.73 Å². The molecule has 2 saturated carbocycles. The lowest BCUT2D eigenvalue weighted by atomic mass is 9.85. The summed E-state index contributed by atoms with van der Waals surface area (Å²) in [5, 5.41) is 0. The van der Waals surface area contributed by atoms with Crippen molar-refractivity contribution in [3.63, 3.8) is 0 Å². The Morgan fingerprint density at radius 3 is 2.14 bits per heavy atom. The summed E-state index contributed by atoms with van der Waals surface area (Å²) in [6.07, 6.45) is 8.87. The third-order valence-corrected chi connectivity index (χ3v) is 5.66. The Balaban J connectivity index is 1.66. The van der Waals surface area contributed by atoms with Crippen molar-refractivity contribution in [3.05, 3.63) is 0 Å². The standard InChI is InChI=1S/C17H29N3O2/c1-12-4-6-14(7-5-12)20(15-8-9-15)16(21)13-3-2-10-19(11-13)17(18)22/h12-15H,2-11H2,1H3,(H2,18,22)/t12?,13-,14?/m1/s1. The molecule has 0 aromatic rings. The number of carbonyl (C=O) groups is 2. The first-order valence-corrected chi connectivity index (χ1v) is 8.93. The quantitative estimate of drug-likeness (QED) is 0.869. The summed E-state index contributed by atoms with van der Waals surface area (Å²) in [6.45, 7) is 3.52. The van der Waals surface area contributed by atoms with E-state index in [9.17, 15) is 9.59 Å². The molecule has 1 saturated heterocycles. The van der Waals surface area contributed by atoms with Crippen LogP contribution in [-0.2, 0) is 4.79 Å². The van der Waals surface area contributed by atoms with E-state index in [0.717, 1.165) is 44.4 Å². The third-order valence-electron chi connectivity index (χ3n) is 5.66. The first-order chi connectivity index (χ1) is 10.6. The van der Waals surface area contributed by atoms with Crippen molar-refractivity contribution in [2.75, 3.05) is 13.1 Å². The molecule has 0 spiro atoms. The summed E-state index contributed by atoms with van der Waals surface area (Å²) in [6, 6.07) is 0.511. The maximum atomic E-state index is 13.1. The lowest BCUT2D eigenvalue weighted by Crippen LogP contribution is -2.51. The van der Waals surface area contributed by atoms with Crippen molar-refractivity contribution >= 4 is 11.9 Å². The Morgan fingerprint density at radius 1 is 1.00 bits per heavy atom. The predicted octanol–water partition coefficient (Wildman–Crippen LogP) is 2.35. The van der Waals surface area contributed by atoms with Crippen LogP contribution in [0.1, 0.15) is 58.3 Å². The fraction of sp³-hybridized carbons (Fsp3) is 0.882. The van der Waals surface area contributed by atoms with Gasteiger partial charge in [0, 0.05) is 25.2 Å². The topological polar surface area (TPSA) is 66.6 Å². The second kappa shape index (κ2) is 6.47. The summed E-state index contributed by atoms with van der Waals surface area (Å²) in [5.74, 6) is 1.04. The van der Waals surface area contributed by atoms with Gasteiger partial charge in [-0.3, -0.25) is 4.79 Å². The van der Waals surface area contributed by atoms with Crippen molar-refractivity contribution in [1.29, 1.82) is 0 Å². The van der Waals surface area contributed by atoms with E-state index in [1.807, 2.05) is 0 Å². The molecule has 22 heavy (non-hydrogen) atoms. The number of hydrogen-bond donors (Lipinski definition) is 1. The maximum absolute atomic E-state index is 13.1.